The SMILES string of the molecule is CN(Cc1ccccc1)C1CCN(n2ncnc3c(C#N)c4c(c2-3)CCCC4)CC1. The van der Waals surface area contributed by atoms with Crippen molar-refractivity contribution in [3.63, 3.8) is 0 Å². The molecule has 2 heterocycles. The first kappa shape index (κ1) is 19.1. The second-order valence-corrected chi connectivity index (χ2v) is 8.58. The van der Waals surface area contributed by atoms with Crippen LogP contribution in [0.2, 0.25) is 0 Å². The molecule has 0 unspecified atom stereocenters. The van der Waals surface area contributed by atoms with Crippen LogP contribution >= 0.6 is 0 Å². The lowest BCUT2D eigenvalue weighted by molar-refractivity contribution is 0.190. The van der Waals surface area contributed by atoms with E-state index in [4.69, 9.17) is 0 Å². The van der Waals surface area contributed by atoms with Crippen LogP contribution in [0.15, 0.2) is 36.7 Å². The van der Waals surface area contributed by atoms with Gasteiger partial charge >= 0.3 is 0 Å². The Morgan fingerprint density at radius 1 is 1.10 bits per heavy atom. The minimum Gasteiger partial charge on any atom is -0.299 e. The average Bonchev–Trinajstić information content (AvgIpc) is 3.13. The second kappa shape index (κ2) is 8.08. The number of hydrogen-bond donors (Lipinski definition) is 0. The summed E-state index contributed by atoms with van der Waals surface area (Å²) in [6, 6.07) is 13.7. The molecule has 1 saturated heterocycles. The Morgan fingerprint density at radius 3 is 2.57 bits per heavy atom. The van der Waals surface area contributed by atoms with Gasteiger partial charge in [0.05, 0.1) is 5.56 Å². The van der Waals surface area contributed by atoms with Gasteiger partial charge in [-0.05, 0) is 62.3 Å². The van der Waals surface area contributed by atoms with Crippen molar-refractivity contribution in [2.45, 2.75) is 51.1 Å². The largest absolute Gasteiger partial charge is 0.299 e. The molecule has 0 bridgehead atoms. The third-order valence-corrected chi connectivity index (χ3v) is 6.78. The van der Waals surface area contributed by atoms with Gasteiger partial charge < -0.3 is 0 Å². The van der Waals surface area contributed by atoms with Crippen LogP contribution in [-0.2, 0) is 19.4 Å². The van der Waals surface area contributed by atoms with Gasteiger partial charge in [0, 0.05) is 25.7 Å². The number of benzene rings is 1. The van der Waals surface area contributed by atoms with Crippen molar-refractivity contribution in [3.8, 4) is 17.5 Å². The fourth-order valence-electron chi connectivity index (χ4n) is 5.20. The molecule has 1 fully saturated rings. The van der Waals surface area contributed by atoms with Gasteiger partial charge in [0.15, 0.2) is 0 Å². The van der Waals surface area contributed by atoms with Crippen molar-refractivity contribution in [3.05, 3.63) is 58.9 Å². The van der Waals surface area contributed by atoms with Crippen LogP contribution < -0.4 is 5.01 Å². The highest BCUT2D eigenvalue weighted by atomic mass is 15.7. The van der Waals surface area contributed by atoms with Gasteiger partial charge in [-0.25, -0.2) is 4.98 Å². The Morgan fingerprint density at radius 2 is 1.83 bits per heavy atom. The van der Waals surface area contributed by atoms with E-state index >= 15 is 0 Å². The molecule has 0 spiro atoms. The molecule has 4 aliphatic rings. The summed E-state index contributed by atoms with van der Waals surface area (Å²) in [7, 11) is 2.23. The smallest absolute Gasteiger partial charge is 0.138 e. The molecule has 0 atom stereocenters. The zero-order valence-electron chi connectivity index (χ0n) is 17.6. The van der Waals surface area contributed by atoms with E-state index < -0.39 is 0 Å². The first-order valence-corrected chi connectivity index (χ1v) is 11.0. The van der Waals surface area contributed by atoms with E-state index in [0.717, 1.165) is 68.7 Å². The van der Waals surface area contributed by atoms with Gasteiger partial charge in [0.2, 0.25) is 0 Å². The number of nitriles is 1. The Kier molecular flexibility index (Phi) is 5.14. The summed E-state index contributed by atoms with van der Waals surface area (Å²) in [5.41, 5.74) is 6.56. The van der Waals surface area contributed by atoms with Gasteiger partial charge in [-0.2, -0.15) is 10.1 Å². The van der Waals surface area contributed by atoms with Crippen molar-refractivity contribution in [2.24, 2.45) is 0 Å². The van der Waals surface area contributed by atoms with Gasteiger partial charge in [0.1, 0.15) is 23.8 Å². The van der Waals surface area contributed by atoms with Crippen molar-refractivity contribution in [1.29, 1.82) is 5.26 Å². The molecular weight excluding hydrogens is 372 g/mol. The lowest BCUT2D eigenvalue weighted by atomic mass is 9.94. The van der Waals surface area contributed by atoms with Crippen molar-refractivity contribution < 1.29 is 0 Å². The summed E-state index contributed by atoms with van der Waals surface area (Å²) in [4.78, 5) is 9.05. The molecule has 0 amide bonds. The van der Waals surface area contributed by atoms with E-state index in [1.54, 1.807) is 6.33 Å². The van der Waals surface area contributed by atoms with Crippen LogP contribution in [0.25, 0.3) is 11.4 Å². The van der Waals surface area contributed by atoms with Crippen LogP contribution in [-0.4, -0.2) is 46.0 Å². The molecule has 0 radical (unpaired) electrons. The van der Waals surface area contributed by atoms with E-state index in [0.29, 0.717) is 6.04 Å². The summed E-state index contributed by atoms with van der Waals surface area (Å²) in [5.74, 6) is 0. The maximum absolute atomic E-state index is 9.76. The minimum atomic E-state index is 0.572. The molecule has 0 saturated carbocycles. The third-order valence-electron chi connectivity index (χ3n) is 6.78. The molecule has 6 heteroatoms. The Balaban J connectivity index is 1.35. The first-order valence-electron chi connectivity index (χ1n) is 11.0. The van der Waals surface area contributed by atoms with E-state index in [1.165, 1.54) is 23.1 Å². The standard InChI is InChI=1S/C24H28N6/c1-28(16-18-7-3-2-4-8-18)19-11-13-29(14-12-19)30-24-21-10-6-5-9-20(21)22(15-25)23(24)26-17-27-30/h2-4,7-8,17,19H,5-6,9-14,16H2,1H3. The predicted octanol–water partition coefficient (Wildman–Crippen LogP) is 3.37. The highest BCUT2D eigenvalue weighted by Gasteiger charge is 2.31. The van der Waals surface area contributed by atoms with Gasteiger partial charge in [-0.1, -0.05) is 30.3 Å². The summed E-state index contributed by atoms with van der Waals surface area (Å²) >= 11 is 0. The number of rotatable bonds is 4. The summed E-state index contributed by atoms with van der Waals surface area (Å²) < 4.78 is 0. The highest BCUT2D eigenvalue weighted by Crippen LogP contribution is 2.39. The second-order valence-electron chi connectivity index (χ2n) is 8.58. The fraction of sp³-hybridized carbons (Fsp3) is 0.458. The summed E-state index contributed by atoms with van der Waals surface area (Å²) in [6.07, 6.45) is 8.18. The normalized spacial score (nSPS) is 17.3. The quantitative estimate of drug-likeness (QED) is 0.672. The van der Waals surface area contributed by atoms with Crippen molar-refractivity contribution in [2.75, 3.05) is 25.1 Å². The number of hydrogen-bond acceptors (Lipinski definition) is 5. The summed E-state index contributed by atoms with van der Waals surface area (Å²) in [5, 5.41) is 16.7. The van der Waals surface area contributed by atoms with Crippen LogP contribution in [0.1, 0.15) is 47.9 Å². The maximum Gasteiger partial charge on any atom is 0.138 e. The van der Waals surface area contributed by atoms with Crippen molar-refractivity contribution in [1.82, 2.24) is 19.8 Å². The monoisotopic (exact) mass is 400 g/mol. The zero-order valence-corrected chi connectivity index (χ0v) is 17.6. The Hall–Kier alpha value is -2.91. The predicted molar refractivity (Wildman–Crippen MR) is 117 cm³/mol. The molecule has 1 aromatic carbocycles. The lowest BCUT2D eigenvalue weighted by Crippen LogP contribution is -2.48. The molecule has 1 aromatic rings. The van der Waals surface area contributed by atoms with Gasteiger partial charge in [0.25, 0.3) is 0 Å². The van der Waals surface area contributed by atoms with Crippen LogP contribution in [0, 0.1) is 11.3 Å². The number of nitrogens with zero attached hydrogens (tertiary/aromatic N) is 6. The Labute approximate surface area is 178 Å². The van der Waals surface area contributed by atoms with Crippen LogP contribution in [0.5, 0.6) is 0 Å². The lowest BCUT2D eigenvalue weighted by Gasteiger charge is -2.38. The van der Waals surface area contributed by atoms with E-state index in [2.05, 4.69) is 68.2 Å². The molecule has 6 nitrogen and oxygen atoms in total. The number of fused-ring (bicyclic) bond motifs is 3. The number of piperidine rings is 1. The molecule has 0 N–H and O–H groups in total. The molecule has 154 valence electrons. The molecule has 5 rings (SSSR count). The average molecular weight is 401 g/mol. The van der Waals surface area contributed by atoms with Gasteiger partial charge in [-0.15, -0.1) is 5.10 Å². The van der Waals surface area contributed by atoms with Crippen molar-refractivity contribution >= 4 is 0 Å². The zero-order chi connectivity index (χ0) is 20.5. The van der Waals surface area contributed by atoms with Crippen LogP contribution in [0.3, 0.4) is 0 Å². The van der Waals surface area contributed by atoms with E-state index in [1.807, 2.05) is 0 Å². The topological polar surface area (TPSA) is 61.0 Å². The fourth-order valence-corrected chi connectivity index (χ4v) is 5.20. The van der Waals surface area contributed by atoms with Gasteiger partial charge in [-0.3, -0.25) is 9.91 Å². The highest BCUT2D eigenvalue weighted by molar-refractivity contribution is 5.76. The molecule has 30 heavy (non-hydrogen) atoms. The maximum atomic E-state index is 9.76. The first-order chi connectivity index (χ1) is 14.8. The Bertz CT molecular complexity index is 1030. The minimum absolute atomic E-state index is 0.572. The molecule has 0 aromatic heterocycles. The van der Waals surface area contributed by atoms with Crippen LogP contribution in [0.4, 0.5) is 0 Å². The summed E-state index contributed by atoms with van der Waals surface area (Å²) in [6.45, 7) is 2.91. The van der Waals surface area contributed by atoms with E-state index in [-0.39, 0.29) is 0 Å². The molecule has 2 aliphatic heterocycles. The molecule has 2 aliphatic carbocycles. The molecular formula is C24H28N6. The van der Waals surface area contributed by atoms with E-state index in [9.17, 15) is 5.26 Å². The third kappa shape index (κ3) is 3.33. The number of aromatic nitrogens is 3.